The van der Waals surface area contributed by atoms with Gasteiger partial charge in [0.25, 0.3) is 0 Å². The number of hydrogen-bond acceptors (Lipinski definition) is 3. The first kappa shape index (κ1) is 17.5. The quantitative estimate of drug-likeness (QED) is 0.459. The minimum Gasteiger partial charge on any atom is -0.255 e. The summed E-state index contributed by atoms with van der Waals surface area (Å²) >= 11 is 5.93. The molecule has 4 aromatic rings. The highest BCUT2D eigenvalue weighted by molar-refractivity contribution is 6.30. The van der Waals surface area contributed by atoms with Gasteiger partial charge >= 0.3 is 6.18 Å². The van der Waals surface area contributed by atoms with Crippen LogP contribution in [0.15, 0.2) is 54.7 Å². The van der Waals surface area contributed by atoms with Crippen LogP contribution in [0.1, 0.15) is 11.4 Å². The molecule has 4 rings (SSSR count). The van der Waals surface area contributed by atoms with Gasteiger partial charge in [0.05, 0.1) is 17.1 Å². The van der Waals surface area contributed by atoms with Crippen LogP contribution in [0.5, 0.6) is 0 Å². The molecule has 0 spiro atoms. The van der Waals surface area contributed by atoms with Gasteiger partial charge in [0.15, 0.2) is 11.3 Å². The van der Waals surface area contributed by atoms with Crippen LogP contribution in [0.25, 0.3) is 28.2 Å². The average molecular weight is 389 g/mol. The molecular weight excluding hydrogens is 377 g/mol. The third kappa shape index (κ3) is 3.14. The summed E-state index contributed by atoms with van der Waals surface area (Å²) in [6, 6.07) is 12.8. The van der Waals surface area contributed by atoms with E-state index in [0.29, 0.717) is 27.5 Å². The SMILES string of the molecule is Cc1nn2c(C(F)(F)F)cc(-c3ccccn3)nc2c1-c1ccc(Cl)cc1. The monoisotopic (exact) mass is 388 g/mol. The first-order chi connectivity index (χ1) is 12.8. The van der Waals surface area contributed by atoms with Crippen molar-refractivity contribution in [3.05, 3.63) is 71.1 Å². The van der Waals surface area contributed by atoms with Crippen LogP contribution in [0.2, 0.25) is 5.02 Å². The molecule has 136 valence electrons. The molecule has 0 amide bonds. The predicted molar refractivity (Wildman–Crippen MR) is 96.4 cm³/mol. The van der Waals surface area contributed by atoms with Crippen LogP contribution in [0, 0.1) is 6.92 Å². The van der Waals surface area contributed by atoms with Crippen molar-refractivity contribution in [1.29, 1.82) is 0 Å². The van der Waals surface area contributed by atoms with Crippen molar-refractivity contribution >= 4 is 17.2 Å². The lowest BCUT2D eigenvalue weighted by atomic mass is 10.1. The van der Waals surface area contributed by atoms with Gasteiger partial charge in [0.2, 0.25) is 0 Å². The second kappa shape index (κ2) is 6.35. The van der Waals surface area contributed by atoms with Crippen molar-refractivity contribution in [2.24, 2.45) is 0 Å². The molecule has 0 bridgehead atoms. The number of pyridine rings is 1. The summed E-state index contributed by atoms with van der Waals surface area (Å²) in [5.74, 6) is 0. The Morgan fingerprint density at radius 2 is 1.74 bits per heavy atom. The molecule has 3 aromatic heterocycles. The van der Waals surface area contributed by atoms with Crippen LogP contribution >= 0.6 is 11.6 Å². The van der Waals surface area contributed by atoms with Gasteiger partial charge in [0, 0.05) is 16.8 Å². The molecule has 0 radical (unpaired) electrons. The van der Waals surface area contributed by atoms with E-state index >= 15 is 0 Å². The molecule has 0 aliphatic rings. The van der Waals surface area contributed by atoms with E-state index in [-0.39, 0.29) is 11.3 Å². The summed E-state index contributed by atoms with van der Waals surface area (Å²) in [6.07, 6.45) is -3.09. The maximum Gasteiger partial charge on any atom is 0.433 e. The molecule has 0 aliphatic heterocycles. The molecule has 1 aromatic carbocycles. The number of rotatable bonds is 2. The van der Waals surface area contributed by atoms with E-state index in [4.69, 9.17) is 11.6 Å². The number of halogens is 4. The highest BCUT2D eigenvalue weighted by atomic mass is 35.5. The molecule has 8 heteroatoms. The maximum absolute atomic E-state index is 13.7. The number of aryl methyl sites for hydroxylation is 1. The van der Waals surface area contributed by atoms with Crippen LogP contribution in [0.3, 0.4) is 0 Å². The Bertz CT molecular complexity index is 1120. The van der Waals surface area contributed by atoms with Crippen molar-refractivity contribution in [2.45, 2.75) is 13.1 Å². The summed E-state index contributed by atoms with van der Waals surface area (Å²) in [5, 5.41) is 4.63. The van der Waals surface area contributed by atoms with E-state index in [1.165, 1.54) is 6.20 Å². The van der Waals surface area contributed by atoms with Crippen molar-refractivity contribution in [3.63, 3.8) is 0 Å². The number of alkyl halides is 3. The Labute approximate surface area is 157 Å². The van der Waals surface area contributed by atoms with Gasteiger partial charge in [-0.25, -0.2) is 9.50 Å². The summed E-state index contributed by atoms with van der Waals surface area (Å²) < 4.78 is 41.9. The standard InChI is InChI=1S/C19H12ClF3N4/c1-11-17(12-5-7-13(20)8-6-12)18-25-15(14-4-2-3-9-24-14)10-16(19(21,22)23)27(18)26-11/h2-10H,1H3. The fraction of sp³-hybridized carbons (Fsp3) is 0.105. The van der Waals surface area contributed by atoms with Crippen LogP contribution in [-0.2, 0) is 6.18 Å². The zero-order valence-corrected chi connectivity index (χ0v) is 14.8. The normalized spacial score (nSPS) is 11.9. The van der Waals surface area contributed by atoms with E-state index in [0.717, 1.165) is 10.6 Å². The first-order valence-electron chi connectivity index (χ1n) is 7.99. The lowest BCUT2D eigenvalue weighted by molar-refractivity contribution is -0.142. The van der Waals surface area contributed by atoms with Crippen molar-refractivity contribution in [1.82, 2.24) is 19.6 Å². The third-order valence-electron chi connectivity index (χ3n) is 4.11. The number of aromatic nitrogens is 4. The second-order valence-corrected chi connectivity index (χ2v) is 6.38. The number of hydrogen-bond donors (Lipinski definition) is 0. The minimum atomic E-state index is -4.60. The Hall–Kier alpha value is -2.93. The molecule has 0 saturated carbocycles. The lowest BCUT2D eigenvalue weighted by Gasteiger charge is -2.11. The molecular formula is C19H12ClF3N4. The Kier molecular flexibility index (Phi) is 4.11. The average Bonchev–Trinajstić information content (AvgIpc) is 2.97. The van der Waals surface area contributed by atoms with E-state index in [2.05, 4.69) is 15.1 Å². The van der Waals surface area contributed by atoms with Gasteiger partial charge in [0.1, 0.15) is 0 Å². The second-order valence-electron chi connectivity index (χ2n) is 5.94. The Morgan fingerprint density at radius 3 is 2.37 bits per heavy atom. The third-order valence-corrected chi connectivity index (χ3v) is 4.37. The molecule has 0 aliphatic carbocycles. The minimum absolute atomic E-state index is 0.116. The molecule has 27 heavy (non-hydrogen) atoms. The van der Waals surface area contributed by atoms with Gasteiger partial charge < -0.3 is 0 Å². The first-order valence-corrected chi connectivity index (χ1v) is 8.37. The van der Waals surface area contributed by atoms with Gasteiger partial charge in [-0.1, -0.05) is 29.8 Å². The highest BCUT2D eigenvalue weighted by Gasteiger charge is 2.36. The van der Waals surface area contributed by atoms with Gasteiger partial charge in [-0.3, -0.25) is 4.98 Å². The van der Waals surface area contributed by atoms with Gasteiger partial charge in [-0.15, -0.1) is 0 Å². The summed E-state index contributed by atoms with van der Waals surface area (Å²) in [7, 11) is 0. The fourth-order valence-corrected chi connectivity index (χ4v) is 3.05. The van der Waals surface area contributed by atoms with Crippen LogP contribution < -0.4 is 0 Å². The zero-order valence-electron chi connectivity index (χ0n) is 14.0. The van der Waals surface area contributed by atoms with Crippen molar-refractivity contribution < 1.29 is 13.2 Å². The topological polar surface area (TPSA) is 43.1 Å². The number of fused-ring (bicyclic) bond motifs is 1. The van der Waals surface area contributed by atoms with Crippen molar-refractivity contribution in [2.75, 3.05) is 0 Å². The summed E-state index contributed by atoms with van der Waals surface area (Å²) in [6.45, 7) is 1.65. The van der Waals surface area contributed by atoms with Gasteiger partial charge in [-0.2, -0.15) is 18.3 Å². The highest BCUT2D eigenvalue weighted by Crippen LogP contribution is 2.35. The van der Waals surface area contributed by atoms with Crippen molar-refractivity contribution in [3.8, 4) is 22.5 Å². The molecule has 0 N–H and O–H groups in total. The van der Waals surface area contributed by atoms with E-state index in [1.807, 2.05) is 0 Å². The predicted octanol–water partition coefficient (Wildman–Crippen LogP) is 5.44. The van der Waals surface area contributed by atoms with Gasteiger partial charge in [-0.05, 0) is 42.8 Å². The fourth-order valence-electron chi connectivity index (χ4n) is 2.93. The largest absolute Gasteiger partial charge is 0.433 e. The van der Waals surface area contributed by atoms with Crippen LogP contribution in [0.4, 0.5) is 13.2 Å². The Balaban J connectivity index is 2.06. The van der Waals surface area contributed by atoms with E-state index in [9.17, 15) is 13.2 Å². The molecule has 4 nitrogen and oxygen atoms in total. The molecule has 0 fully saturated rings. The van der Waals surface area contributed by atoms with E-state index in [1.54, 1.807) is 49.4 Å². The number of nitrogens with zero attached hydrogens (tertiary/aromatic N) is 4. The Morgan fingerprint density at radius 1 is 1.00 bits per heavy atom. The zero-order chi connectivity index (χ0) is 19.2. The smallest absolute Gasteiger partial charge is 0.255 e. The lowest BCUT2D eigenvalue weighted by Crippen LogP contribution is -2.14. The molecule has 0 unspecified atom stereocenters. The summed E-state index contributed by atoms with van der Waals surface area (Å²) in [4.78, 5) is 8.57. The maximum atomic E-state index is 13.7. The molecule has 0 atom stereocenters. The van der Waals surface area contributed by atoms with Crippen LogP contribution in [-0.4, -0.2) is 19.6 Å². The number of benzene rings is 1. The summed E-state index contributed by atoms with van der Waals surface area (Å²) in [5.41, 5.74) is 1.34. The molecule has 3 heterocycles. The van der Waals surface area contributed by atoms with E-state index < -0.39 is 11.9 Å². The molecule has 0 saturated heterocycles.